The van der Waals surface area contributed by atoms with Crippen molar-refractivity contribution in [3.63, 3.8) is 0 Å². The molecule has 0 aliphatic heterocycles. The van der Waals surface area contributed by atoms with Crippen LogP contribution in [0.15, 0.2) is 11.6 Å². The van der Waals surface area contributed by atoms with E-state index in [2.05, 4.69) is 0 Å². The van der Waals surface area contributed by atoms with Crippen molar-refractivity contribution < 1.29 is 26.7 Å². The van der Waals surface area contributed by atoms with Crippen LogP contribution in [0, 0.1) is 5.92 Å². The summed E-state index contributed by atoms with van der Waals surface area (Å²) in [5.41, 5.74) is 1.31. The number of carbonyl (C=O) groups is 1. The Morgan fingerprint density at radius 1 is 1.73 bits per heavy atom. The topological polar surface area (TPSA) is 37.3 Å². The van der Waals surface area contributed by atoms with Gasteiger partial charge in [-0.25, -0.2) is 0 Å². The number of rotatable bonds is 1. The van der Waals surface area contributed by atoms with Gasteiger partial charge in [-0.1, -0.05) is 12.0 Å². The maximum atomic E-state index is 10.4. The molecule has 0 atom stereocenters. The van der Waals surface area contributed by atoms with E-state index < -0.39 is 5.97 Å². The summed E-state index contributed by atoms with van der Waals surface area (Å²) < 4.78 is 0. The average Bonchev–Trinajstić information content (AvgIpc) is 1.88. The molecular formula is C8H11CoO2-. The van der Waals surface area contributed by atoms with Gasteiger partial charge in [0.05, 0.1) is 0 Å². The van der Waals surface area contributed by atoms with Crippen LogP contribution in [-0.2, 0) is 21.6 Å². The first kappa shape index (κ1) is 10.6. The maximum Gasteiger partial charge on any atom is 0.167 e. The van der Waals surface area contributed by atoms with Crippen molar-refractivity contribution in [3.05, 3.63) is 17.6 Å². The van der Waals surface area contributed by atoms with Gasteiger partial charge in [0, 0.05) is 16.8 Å². The normalized spacial score (nSPS) is 16.8. The van der Waals surface area contributed by atoms with Gasteiger partial charge in [-0.05, 0) is 6.92 Å². The fourth-order valence-electron chi connectivity index (χ4n) is 1.04. The van der Waals surface area contributed by atoms with E-state index in [1.54, 1.807) is 0 Å². The SMILES string of the molecule is CC1=CC[C-](C(=O)O)CC1.[Co]. The van der Waals surface area contributed by atoms with Crippen molar-refractivity contribution in [2.24, 2.45) is 0 Å². The zero-order chi connectivity index (χ0) is 7.56. The van der Waals surface area contributed by atoms with Crippen molar-refractivity contribution >= 4 is 5.97 Å². The monoisotopic (exact) mass is 198 g/mol. The van der Waals surface area contributed by atoms with Gasteiger partial charge in [0.2, 0.25) is 0 Å². The molecule has 1 aliphatic rings. The Kier molecular flexibility index (Phi) is 4.29. The van der Waals surface area contributed by atoms with Gasteiger partial charge in [-0.2, -0.15) is 6.42 Å². The maximum absolute atomic E-state index is 10.4. The molecule has 0 saturated heterocycles. The summed E-state index contributed by atoms with van der Waals surface area (Å²) in [6.45, 7) is 2.04. The molecule has 11 heavy (non-hydrogen) atoms. The number of aliphatic carboxylic acids is 1. The van der Waals surface area contributed by atoms with Crippen LogP contribution in [0.1, 0.15) is 26.2 Å². The molecule has 0 spiro atoms. The van der Waals surface area contributed by atoms with Crippen molar-refractivity contribution in [1.29, 1.82) is 0 Å². The van der Waals surface area contributed by atoms with E-state index in [-0.39, 0.29) is 16.8 Å². The Hall–Kier alpha value is -0.414. The molecule has 3 heteroatoms. The van der Waals surface area contributed by atoms with Gasteiger partial charge < -0.3 is 5.11 Å². The van der Waals surface area contributed by atoms with Crippen molar-refractivity contribution in [1.82, 2.24) is 0 Å². The average molecular weight is 198 g/mol. The first-order chi connectivity index (χ1) is 4.70. The minimum absolute atomic E-state index is 0. The summed E-state index contributed by atoms with van der Waals surface area (Å²) in [6, 6.07) is 0. The fraction of sp³-hybridized carbons (Fsp3) is 0.500. The number of hydrogen-bond acceptors (Lipinski definition) is 1. The molecule has 0 amide bonds. The molecule has 0 fully saturated rings. The molecule has 0 unspecified atom stereocenters. The fourth-order valence-corrected chi connectivity index (χ4v) is 1.04. The van der Waals surface area contributed by atoms with Gasteiger partial charge >= 0.3 is 0 Å². The molecular weight excluding hydrogens is 187 g/mol. The Morgan fingerprint density at radius 3 is 2.73 bits per heavy atom. The largest absolute Gasteiger partial charge is 0.503 e. The minimum Gasteiger partial charge on any atom is -0.503 e. The third-order valence-corrected chi connectivity index (χ3v) is 1.82. The Morgan fingerprint density at radius 2 is 2.36 bits per heavy atom. The van der Waals surface area contributed by atoms with E-state index in [0.717, 1.165) is 12.8 Å². The number of carboxylic acid groups (broad SMARTS) is 1. The van der Waals surface area contributed by atoms with Crippen LogP contribution in [0.5, 0.6) is 0 Å². The van der Waals surface area contributed by atoms with E-state index in [9.17, 15) is 4.79 Å². The standard InChI is InChI=1S/C8H11O2.Co/c1-6-2-4-7(5-3-6)8(9)10;/h2H,3-5H2,1H3,(H,9,10);/q-1;. The first-order valence-electron chi connectivity index (χ1n) is 3.44. The molecule has 0 saturated carbocycles. The number of carboxylic acids is 1. The molecule has 0 aromatic carbocycles. The Labute approximate surface area is 76.9 Å². The molecule has 1 N–H and O–H groups in total. The van der Waals surface area contributed by atoms with E-state index in [1.165, 1.54) is 5.57 Å². The van der Waals surface area contributed by atoms with Gasteiger partial charge in [0.25, 0.3) is 0 Å². The van der Waals surface area contributed by atoms with E-state index >= 15 is 0 Å². The summed E-state index contributed by atoms with van der Waals surface area (Å²) in [7, 11) is 0. The molecule has 1 aliphatic carbocycles. The summed E-state index contributed by atoms with van der Waals surface area (Å²) in [6.07, 6.45) is 4.29. The summed E-state index contributed by atoms with van der Waals surface area (Å²) in [4.78, 5) is 10.4. The van der Waals surface area contributed by atoms with Gasteiger partial charge in [-0.3, -0.25) is 10.7 Å². The van der Waals surface area contributed by atoms with E-state index in [4.69, 9.17) is 5.11 Å². The van der Waals surface area contributed by atoms with Crippen LogP contribution < -0.4 is 0 Å². The van der Waals surface area contributed by atoms with Gasteiger partial charge in [0.15, 0.2) is 5.97 Å². The second-order valence-corrected chi connectivity index (χ2v) is 2.66. The number of hydrogen-bond donors (Lipinski definition) is 1. The molecule has 65 valence electrons. The smallest absolute Gasteiger partial charge is 0.167 e. The van der Waals surface area contributed by atoms with Crippen LogP contribution >= 0.6 is 0 Å². The van der Waals surface area contributed by atoms with Gasteiger partial charge in [0.1, 0.15) is 0 Å². The predicted octanol–water partition coefficient (Wildman–Crippen LogP) is 1.77. The van der Waals surface area contributed by atoms with Gasteiger partial charge in [-0.15, -0.1) is 12.5 Å². The van der Waals surface area contributed by atoms with Crippen molar-refractivity contribution in [2.75, 3.05) is 0 Å². The second kappa shape index (κ2) is 4.46. The Bertz CT molecular complexity index is 175. The van der Waals surface area contributed by atoms with Crippen LogP contribution in [0.2, 0.25) is 0 Å². The zero-order valence-electron chi connectivity index (χ0n) is 6.39. The zero-order valence-corrected chi connectivity index (χ0v) is 7.43. The Balaban J connectivity index is 0.000001000. The van der Waals surface area contributed by atoms with E-state index in [1.807, 2.05) is 13.0 Å². The minimum atomic E-state index is -0.733. The quantitative estimate of drug-likeness (QED) is 0.515. The number of allylic oxidation sites excluding steroid dienone is 2. The molecule has 1 rings (SSSR count). The third kappa shape index (κ3) is 2.99. The van der Waals surface area contributed by atoms with Crippen LogP contribution in [-0.4, -0.2) is 11.1 Å². The molecule has 0 aromatic rings. The van der Waals surface area contributed by atoms with Crippen LogP contribution in [0.25, 0.3) is 0 Å². The molecule has 0 heterocycles. The van der Waals surface area contributed by atoms with E-state index in [0.29, 0.717) is 12.3 Å². The second-order valence-electron chi connectivity index (χ2n) is 2.66. The predicted molar refractivity (Wildman–Crippen MR) is 38.5 cm³/mol. The molecule has 0 aromatic heterocycles. The molecule has 2 nitrogen and oxygen atoms in total. The van der Waals surface area contributed by atoms with Crippen molar-refractivity contribution in [2.45, 2.75) is 26.2 Å². The summed E-state index contributed by atoms with van der Waals surface area (Å²) in [5, 5.41) is 8.56. The summed E-state index contributed by atoms with van der Waals surface area (Å²) in [5.74, 6) is -0.0886. The van der Waals surface area contributed by atoms with Crippen LogP contribution in [0.3, 0.4) is 0 Å². The van der Waals surface area contributed by atoms with Crippen LogP contribution in [0.4, 0.5) is 0 Å². The first-order valence-corrected chi connectivity index (χ1v) is 3.44. The third-order valence-electron chi connectivity index (χ3n) is 1.82. The molecule has 1 radical (unpaired) electrons. The van der Waals surface area contributed by atoms with Crippen molar-refractivity contribution in [3.8, 4) is 0 Å². The summed E-state index contributed by atoms with van der Waals surface area (Å²) >= 11 is 0. The molecule has 0 bridgehead atoms.